The largest absolute Gasteiger partial charge is 0.391 e. The number of nitrogens with one attached hydrogen (secondary N) is 1. The lowest BCUT2D eigenvalue weighted by molar-refractivity contribution is 0.0914. The van der Waals surface area contributed by atoms with E-state index in [1.165, 1.54) is 11.3 Å². The molecule has 2 heterocycles. The van der Waals surface area contributed by atoms with Gasteiger partial charge in [0.05, 0.1) is 16.7 Å². The number of hydrogen-bond donors (Lipinski definition) is 2. The van der Waals surface area contributed by atoms with Crippen LogP contribution in [0.1, 0.15) is 54.9 Å². The molecule has 6 heteroatoms. The maximum atomic E-state index is 12.2. The molecule has 2 aromatic rings. The summed E-state index contributed by atoms with van der Waals surface area (Å²) in [5, 5.41) is 18.0. The van der Waals surface area contributed by atoms with E-state index in [0.29, 0.717) is 23.8 Å². The number of hydrogen-bond acceptors (Lipinski definition) is 4. The molecule has 0 aromatic carbocycles. The number of aromatic nitrogens is 2. The van der Waals surface area contributed by atoms with Crippen molar-refractivity contribution in [3.05, 3.63) is 16.6 Å². The second-order valence-corrected chi connectivity index (χ2v) is 6.68. The first-order valence-electron chi connectivity index (χ1n) is 7.36. The zero-order valence-corrected chi connectivity index (χ0v) is 13.8. The zero-order valence-electron chi connectivity index (χ0n) is 13.0. The standard InChI is InChI=1S/C15H23N3O2S/c1-5-6-10(19)8-16-14(20)12-7-11-13(9(2)3)17-18(4)15(11)21-12/h7,9-10,19H,5-6,8H2,1-4H3,(H,16,20). The minimum absolute atomic E-state index is 0.124. The van der Waals surface area contributed by atoms with Crippen LogP contribution in [-0.2, 0) is 7.05 Å². The van der Waals surface area contributed by atoms with Crippen molar-refractivity contribution in [2.45, 2.75) is 45.6 Å². The molecule has 0 aliphatic carbocycles. The molecule has 2 rings (SSSR count). The van der Waals surface area contributed by atoms with Crippen LogP contribution in [0.3, 0.4) is 0 Å². The lowest BCUT2D eigenvalue weighted by Gasteiger charge is -2.09. The summed E-state index contributed by atoms with van der Waals surface area (Å²) in [5.41, 5.74) is 1.02. The van der Waals surface area contributed by atoms with Gasteiger partial charge in [0, 0.05) is 19.0 Å². The molecule has 116 valence electrons. The van der Waals surface area contributed by atoms with Crippen molar-refractivity contribution in [1.29, 1.82) is 0 Å². The number of fused-ring (bicyclic) bond motifs is 1. The summed E-state index contributed by atoms with van der Waals surface area (Å²) in [4.78, 5) is 13.9. The van der Waals surface area contributed by atoms with Crippen LogP contribution in [0.5, 0.6) is 0 Å². The number of carbonyl (C=O) groups is 1. The molecule has 0 aliphatic heterocycles. The van der Waals surface area contributed by atoms with E-state index in [9.17, 15) is 9.90 Å². The van der Waals surface area contributed by atoms with Crippen molar-refractivity contribution in [3.8, 4) is 0 Å². The van der Waals surface area contributed by atoms with Gasteiger partial charge in [0.15, 0.2) is 0 Å². The van der Waals surface area contributed by atoms with Gasteiger partial charge in [-0.2, -0.15) is 5.10 Å². The molecule has 2 N–H and O–H groups in total. The first-order valence-corrected chi connectivity index (χ1v) is 8.18. The van der Waals surface area contributed by atoms with Crippen molar-refractivity contribution in [3.63, 3.8) is 0 Å². The molecule has 0 fully saturated rings. The number of thiophene rings is 1. The van der Waals surface area contributed by atoms with Crippen LogP contribution in [-0.4, -0.2) is 33.4 Å². The normalized spacial score (nSPS) is 13.0. The Morgan fingerprint density at radius 2 is 2.24 bits per heavy atom. The van der Waals surface area contributed by atoms with E-state index in [0.717, 1.165) is 22.3 Å². The molecule has 0 saturated heterocycles. The average molecular weight is 309 g/mol. The van der Waals surface area contributed by atoms with E-state index in [4.69, 9.17) is 0 Å². The highest BCUT2D eigenvalue weighted by Gasteiger charge is 2.18. The number of carbonyl (C=O) groups excluding carboxylic acids is 1. The van der Waals surface area contributed by atoms with Gasteiger partial charge in [-0.1, -0.05) is 27.2 Å². The Hall–Kier alpha value is -1.40. The van der Waals surface area contributed by atoms with E-state index in [1.54, 1.807) is 0 Å². The second kappa shape index (κ2) is 6.58. The van der Waals surface area contributed by atoms with Crippen LogP contribution < -0.4 is 5.32 Å². The SMILES string of the molecule is CCCC(O)CNC(=O)c1cc2c(C(C)C)nn(C)c2s1. The van der Waals surface area contributed by atoms with Gasteiger partial charge in [0.2, 0.25) is 0 Å². The van der Waals surface area contributed by atoms with Crippen LogP contribution in [0, 0.1) is 0 Å². The third-order valence-corrected chi connectivity index (χ3v) is 4.63. The predicted octanol–water partition coefficient (Wildman–Crippen LogP) is 2.65. The number of amides is 1. The number of rotatable bonds is 6. The predicted molar refractivity (Wildman–Crippen MR) is 85.9 cm³/mol. The summed E-state index contributed by atoms with van der Waals surface area (Å²) in [6.45, 7) is 6.51. The molecule has 0 bridgehead atoms. The van der Waals surface area contributed by atoms with E-state index in [-0.39, 0.29) is 5.91 Å². The van der Waals surface area contributed by atoms with Gasteiger partial charge in [0.25, 0.3) is 5.91 Å². The fraction of sp³-hybridized carbons (Fsp3) is 0.600. The molecule has 0 spiro atoms. The van der Waals surface area contributed by atoms with Crippen LogP contribution in [0.15, 0.2) is 6.07 Å². The summed E-state index contributed by atoms with van der Waals surface area (Å²) in [6, 6.07) is 1.91. The molecule has 0 radical (unpaired) electrons. The summed E-state index contributed by atoms with van der Waals surface area (Å²) >= 11 is 1.44. The van der Waals surface area contributed by atoms with Crippen molar-refractivity contribution in [2.24, 2.45) is 7.05 Å². The first-order chi connectivity index (χ1) is 9.93. The third-order valence-electron chi connectivity index (χ3n) is 3.43. The Bertz CT molecular complexity index is 630. The number of nitrogens with zero attached hydrogens (tertiary/aromatic N) is 2. The monoisotopic (exact) mass is 309 g/mol. The second-order valence-electron chi connectivity index (χ2n) is 5.65. The number of aryl methyl sites for hydroxylation is 1. The number of aliphatic hydroxyl groups is 1. The Labute approximate surface area is 129 Å². The van der Waals surface area contributed by atoms with Gasteiger partial charge in [0.1, 0.15) is 4.83 Å². The van der Waals surface area contributed by atoms with E-state index < -0.39 is 6.10 Å². The van der Waals surface area contributed by atoms with Crippen LogP contribution in [0.4, 0.5) is 0 Å². The van der Waals surface area contributed by atoms with Crippen molar-refractivity contribution < 1.29 is 9.90 Å². The van der Waals surface area contributed by atoms with Crippen LogP contribution in [0.2, 0.25) is 0 Å². The lowest BCUT2D eigenvalue weighted by Crippen LogP contribution is -2.31. The van der Waals surface area contributed by atoms with Gasteiger partial charge < -0.3 is 10.4 Å². The fourth-order valence-electron chi connectivity index (χ4n) is 2.34. The Morgan fingerprint density at radius 1 is 1.52 bits per heavy atom. The van der Waals surface area contributed by atoms with Crippen LogP contribution in [0.25, 0.3) is 10.2 Å². The topological polar surface area (TPSA) is 67.2 Å². The molecule has 21 heavy (non-hydrogen) atoms. The molecule has 0 aliphatic rings. The molecule has 5 nitrogen and oxygen atoms in total. The van der Waals surface area contributed by atoms with E-state index >= 15 is 0 Å². The Morgan fingerprint density at radius 3 is 2.86 bits per heavy atom. The molecule has 0 saturated carbocycles. The van der Waals surface area contributed by atoms with Gasteiger partial charge >= 0.3 is 0 Å². The summed E-state index contributed by atoms with van der Waals surface area (Å²) in [6.07, 6.45) is 1.14. The van der Waals surface area contributed by atoms with Crippen molar-refractivity contribution in [2.75, 3.05) is 6.54 Å². The minimum Gasteiger partial charge on any atom is -0.391 e. The third kappa shape index (κ3) is 3.44. The maximum absolute atomic E-state index is 12.2. The van der Waals surface area contributed by atoms with Crippen molar-refractivity contribution in [1.82, 2.24) is 15.1 Å². The van der Waals surface area contributed by atoms with Crippen LogP contribution >= 0.6 is 11.3 Å². The van der Waals surface area contributed by atoms with Gasteiger partial charge in [-0.25, -0.2) is 0 Å². The van der Waals surface area contributed by atoms with Gasteiger partial charge in [-0.05, 0) is 18.4 Å². The molecule has 1 unspecified atom stereocenters. The smallest absolute Gasteiger partial charge is 0.261 e. The highest BCUT2D eigenvalue weighted by molar-refractivity contribution is 7.20. The van der Waals surface area contributed by atoms with E-state index in [1.807, 2.05) is 24.7 Å². The molecule has 1 atom stereocenters. The Kier molecular flexibility index (Phi) is 5.00. The Balaban J connectivity index is 2.15. The van der Waals surface area contributed by atoms with E-state index in [2.05, 4.69) is 24.3 Å². The molecular weight excluding hydrogens is 286 g/mol. The average Bonchev–Trinajstić information content (AvgIpc) is 2.97. The van der Waals surface area contributed by atoms with Gasteiger partial charge in [-0.15, -0.1) is 11.3 Å². The first kappa shape index (κ1) is 16.0. The van der Waals surface area contributed by atoms with Crippen molar-refractivity contribution >= 4 is 27.5 Å². The molecule has 1 amide bonds. The number of aliphatic hydroxyl groups excluding tert-OH is 1. The highest BCUT2D eigenvalue weighted by Crippen LogP contribution is 2.31. The van der Waals surface area contributed by atoms with Gasteiger partial charge in [-0.3, -0.25) is 9.48 Å². The molecular formula is C15H23N3O2S. The summed E-state index contributed by atoms with van der Waals surface area (Å²) < 4.78 is 1.83. The minimum atomic E-state index is -0.471. The summed E-state index contributed by atoms with van der Waals surface area (Å²) in [7, 11) is 1.90. The highest BCUT2D eigenvalue weighted by atomic mass is 32.1. The maximum Gasteiger partial charge on any atom is 0.261 e. The lowest BCUT2D eigenvalue weighted by atomic mass is 10.1. The fourth-order valence-corrected chi connectivity index (χ4v) is 3.33. The zero-order chi connectivity index (χ0) is 15.6. The summed E-state index contributed by atoms with van der Waals surface area (Å²) in [5.74, 6) is 0.201. The molecule has 2 aromatic heterocycles. The quantitative estimate of drug-likeness (QED) is 0.862.